The van der Waals surface area contributed by atoms with Gasteiger partial charge in [-0.15, -0.1) is 0 Å². The van der Waals surface area contributed by atoms with Gasteiger partial charge in [0, 0.05) is 13.1 Å². The number of piperidine rings is 1. The fourth-order valence-electron chi connectivity index (χ4n) is 2.12. The lowest BCUT2D eigenvalue weighted by Gasteiger charge is -2.26. The minimum Gasteiger partial charge on any atom is -0.511 e. The molecule has 19 heavy (non-hydrogen) atoms. The predicted octanol–water partition coefficient (Wildman–Crippen LogP) is 0.210. The van der Waals surface area contributed by atoms with Crippen LogP contribution in [0.15, 0.2) is 29.2 Å². The monoisotopic (exact) mass is 285 g/mol. The largest absolute Gasteiger partial charge is 0.707 e. The molecule has 1 fully saturated rings. The smallest absolute Gasteiger partial charge is 0.511 e. The summed E-state index contributed by atoms with van der Waals surface area (Å²) in [6, 6.07) is 5.96. The third-order valence-electron chi connectivity index (χ3n) is 3.01. The Morgan fingerprint density at radius 3 is 2.37 bits per heavy atom. The minimum absolute atomic E-state index is 0.0370. The molecule has 0 unspecified atom stereocenters. The fraction of sp³-hybridized carbons (Fsp3) is 0.455. The van der Waals surface area contributed by atoms with Crippen molar-refractivity contribution in [1.29, 1.82) is 0 Å². The molecule has 104 valence electrons. The van der Waals surface area contributed by atoms with Crippen LogP contribution in [0.4, 0.5) is 0 Å². The number of para-hydroxylation sites is 1. The van der Waals surface area contributed by atoms with E-state index >= 15 is 0 Å². The zero-order chi connectivity index (χ0) is 13.9. The summed E-state index contributed by atoms with van der Waals surface area (Å²) in [5.41, 5.74) is 0. The van der Waals surface area contributed by atoms with Gasteiger partial charge in [-0.1, -0.05) is 18.6 Å². The first kappa shape index (κ1) is 14.3. The molecule has 0 aliphatic carbocycles. The van der Waals surface area contributed by atoms with E-state index in [1.807, 2.05) is 0 Å². The summed E-state index contributed by atoms with van der Waals surface area (Å²) in [6.07, 6.45) is 2.70. The number of hydrogen-bond acceptors (Lipinski definition) is 5. The van der Waals surface area contributed by atoms with E-state index in [0.29, 0.717) is 13.1 Å². The molecule has 0 radical (unpaired) electrons. The van der Waals surface area contributed by atoms with Crippen molar-refractivity contribution in [2.75, 3.05) is 13.1 Å². The molecular weight excluding hydrogens is 269 g/mol. The van der Waals surface area contributed by atoms with Gasteiger partial charge >= 0.3 is 7.32 Å². The molecule has 2 N–H and O–H groups in total. The van der Waals surface area contributed by atoms with Crippen molar-refractivity contribution in [3.8, 4) is 5.75 Å². The Hall–Kier alpha value is -1.09. The predicted molar refractivity (Wildman–Crippen MR) is 69.9 cm³/mol. The van der Waals surface area contributed by atoms with Crippen LogP contribution in [0.25, 0.3) is 0 Å². The summed E-state index contributed by atoms with van der Waals surface area (Å²) < 4.78 is 31.1. The normalized spacial score (nSPS) is 17.2. The molecule has 1 aromatic carbocycles. The van der Waals surface area contributed by atoms with Crippen LogP contribution in [0.1, 0.15) is 19.3 Å². The van der Waals surface area contributed by atoms with Gasteiger partial charge in [0.15, 0.2) is 0 Å². The molecule has 0 spiro atoms. The van der Waals surface area contributed by atoms with Crippen LogP contribution < -0.4 is 4.65 Å². The maximum absolute atomic E-state index is 12.5. The van der Waals surface area contributed by atoms with Gasteiger partial charge in [-0.05, 0) is 25.0 Å². The lowest BCUT2D eigenvalue weighted by Crippen LogP contribution is -2.36. The summed E-state index contributed by atoms with van der Waals surface area (Å²) >= 11 is 0. The topological polar surface area (TPSA) is 87.1 Å². The standard InChI is InChI=1S/C11H16BNO5S/c14-12(15)18-10-6-2-3-7-11(10)19(16,17)13-8-4-1-5-9-13/h2-3,6-7,14-15H,1,4-5,8-9H2. The van der Waals surface area contributed by atoms with Crippen LogP contribution in [0, 0.1) is 0 Å². The molecule has 8 heteroatoms. The lowest BCUT2D eigenvalue weighted by atomic mass is 10.2. The van der Waals surface area contributed by atoms with Crippen molar-refractivity contribution in [1.82, 2.24) is 4.31 Å². The van der Waals surface area contributed by atoms with Crippen molar-refractivity contribution in [3.63, 3.8) is 0 Å². The summed E-state index contributed by atoms with van der Waals surface area (Å²) in [5.74, 6) is -0.0527. The number of rotatable bonds is 4. The molecule has 0 atom stereocenters. The van der Waals surface area contributed by atoms with Gasteiger partial charge in [-0.3, -0.25) is 0 Å². The van der Waals surface area contributed by atoms with Gasteiger partial charge in [0.2, 0.25) is 10.0 Å². The van der Waals surface area contributed by atoms with Crippen LogP contribution in [0.3, 0.4) is 0 Å². The van der Waals surface area contributed by atoms with Crippen molar-refractivity contribution >= 4 is 17.3 Å². The van der Waals surface area contributed by atoms with Crippen molar-refractivity contribution in [2.24, 2.45) is 0 Å². The Balaban J connectivity index is 2.34. The molecule has 2 rings (SSSR count). The van der Waals surface area contributed by atoms with E-state index in [0.717, 1.165) is 19.3 Å². The first-order valence-electron chi connectivity index (χ1n) is 6.14. The fourth-order valence-corrected chi connectivity index (χ4v) is 3.76. The van der Waals surface area contributed by atoms with E-state index in [-0.39, 0.29) is 10.6 Å². The number of sulfonamides is 1. The van der Waals surface area contributed by atoms with Gasteiger partial charge < -0.3 is 14.7 Å². The van der Waals surface area contributed by atoms with E-state index in [2.05, 4.69) is 0 Å². The molecule has 1 aliphatic rings. The first-order chi connectivity index (χ1) is 9.01. The van der Waals surface area contributed by atoms with Crippen molar-refractivity contribution in [3.05, 3.63) is 24.3 Å². The van der Waals surface area contributed by atoms with Gasteiger partial charge in [0.1, 0.15) is 10.6 Å². The van der Waals surface area contributed by atoms with E-state index in [4.69, 9.17) is 14.7 Å². The second-order valence-electron chi connectivity index (χ2n) is 4.36. The maximum atomic E-state index is 12.5. The SMILES string of the molecule is O=S(=O)(c1ccccc1OB(O)O)N1CCCCC1. The Kier molecular flexibility index (Phi) is 4.46. The summed E-state index contributed by atoms with van der Waals surface area (Å²) in [7, 11) is -5.70. The van der Waals surface area contributed by atoms with Crippen molar-refractivity contribution < 1.29 is 23.1 Å². The minimum atomic E-state index is -3.65. The Morgan fingerprint density at radius 1 is 1.11 bits per heavy atom. The molecule has 0 aromatic heterocycles. The van der Waals surface area contributed by atoms with Crippen LogP contribution in [-0.4, -0.2) is 43.2 Å². The molecule has 1 saturated heterocycles. The molecule has 1 aliphatic heterocycles. The van der Waals surface area contributed by atoms with E-state index in [1.165, 1.54) is 16.4 Å². The summed E-state index contributed by atoms with van der Waals surface area (Å²) in [6.45, 7) is 0.969. The zero-order valence-electron chi connectivity index (χ0n) is 10.4. The number of benzene rings is 1. The Labute approximate surface area is 112 Å². The second kappa shape index (κ2) is 5.91. The maximum Gasteiger partial charge on any atom is 0.707 e. The van der Waals surface area contributed by atoms with Gasteiger partial charge in [0.25, 0.3) is 0 Å². The Bertz CT molecular complexity index is 528. The molecule has 0 saturated carbocycles. The molecular formula is C11H16BNO5S. The summed E-state index contributed by atoms with van der Waals surface area (Å²) in [4.78, 5) is -0.0370. The van der Waals surface area contributed by atoms with Crippen molar-refractivity contribution in [2.45, 2.75) is 24.2 Å². The molecule has 6 nitrogen and oxygen atoms in total. The molecule has 0 amide bonds. The lowest BCUT2D eigenvalue weighted by molar-refractivity contribution is 0.284. The Morgan fingerprint density at radius 2 is 1.74 bits per heavy atom. The summed E-state index contributed by atoms with van der Waals surface area (Å²) in [5, 5.41) is 17.7. The highest BCUT2D eigenvalue weighted by atomic mass is 32.2. The third kappa shape index (κ3) is 3.27. The van der Waals surface area contributed by atoms with E-state index < -0.39 is 17.3 Å². The van der Waals surface area contributed by atoms with Gasteiger partial charge in [-0.25, -0.2) is 8.42 Å². The second-order valence-corrected chi connectivity index (χ2v) is 6.26. The third-order valence-corrected chi connectivity index (χ3v) is 4.95. The zero-order valence-corrected chi connectivity index (χ0v) is 11.2. The van der Waals surface area contributed by atoms with Gasteiger partial charge in [0.05, 0.1) is 0 Å². The highest BCUT2D eigenvalue weighted by Gasteiger charge is 2.29. The van der Waals surface area contributed by atoms with E-state index in [1.54, 1.807) is 12.1 Å². The molecule has 1 heterocycles. The first-order valence-corrected chi connectivity index (χ1v) is 7.58. The van der Waals surface area contributed by atoms with Crippen LogP contribution >= 0.6 is 0 Å². The van der Waals surface area contributed by atoms with Crippen LogP contribution in [-0.2, 0) is 10.0 Å². The average molecular weight is 285 g/mol. The molecule has 0 bridgehead atoms. The highest BCUT2D eigenvalue weighted by Crippen LogP contribution is 2.28. The van der Waals surface area contributed by atoms with E-state index in [9.17, 15) is 8.42 Å². The quantitative estimate of drug-likeness (QED) is 0.772. The van der Waals surface area contributed by atoms with Gasteiger partial charge in [-0.2, -0.15) is 4.31 Å². The average Bonchev–Trinajstić information content (AvgIpc) is 2.39. The van der Waals surface area contributed by atoms with Crippen LogP contribution in [0.2, 0.25) is 0 Å². The number of nitrogens with zero attached hydrogens (tertiary/aromatic N) is 1. The van der Waals surface area contributed by atoms with Crippen LogP contribution in [0.5, 0.6) is 5.75 Å². The molecule has 1 aromatic rings. The highest BCUT2D eigenvalue weighted by molar-refractivity contribution is 7.89. The number of hydrogen-bond donors (Lipinski definition) is 2.